The molecule has 2 aromatic rings. The topological polar surface area (TPSA) is 17.1 Å². The minimum Gasteiger partial charge on any atom is -0.288 e. The van der Waals surface area contributed by atoms with Crippen LogP contribution in [0, 0.1) is 0 Å². The molecule has 1 aromatic heterocycles. The molecule has 0 N–H and O–H groups in total. The first-order valence-corrected chi connectivity index (χ1v) is 7.34. The van der Waals surface area contributed by atoms with Crippen molar-refractivity contribution in [2.45, 2.75) is 19.3 Å². The van der Waals surface area contributed by atoms with Crippen molar-refractivity contribution < 1.29 is 4.79 Å². The lowest BCUT2D eigenvalue weighted by Gasteiger charge is -2.00. The lowest BCUT2D eigenvalue weighted by atomic mass is 10.1. The molecule has 0 bridgehead atoms. The van der Waals surface area contributed by atoms with Crippen molar-refractivity contribution in [3.8, 4) is 0 Å². The summed E-state index contributed by atoms with van der Waals surface area (Å²) in [6.07, 6.45) is 3.41. The zero-order valence-electron chi connectivity index (χ0n) is 9.50. The molecule has 3 rings (SSSR count). The van der Waals surface area contributed by atoms with Gasteiger partial charge in [-0.05, 0) is 49.1 Å². The molecule has 1 aromatic carbocycles. The first kappa shape index (κ1) is 12.2. The van der Waals surface area contributed by atoms with Crippen LogP contribution in [0.5, 0.6) is 0 Å². The molecule has 0 unspecified atom stereocenters. The van der Waals surface area contributed by atoms with Crippen LogP contribution in [0.4, 0.5) is 0 Å². The molecule has 1 nitrogen and oxygen atoms in total. The molecule has 0 amide bonds. The zero-order valence-corrected chi connectivity index (χ0v) is 11.8. The van der Waals surface area contributed by atoms with Crippen LogP contribution in [-0.4, -0.2) is 5.78 Å². The maximum absolute atomic E-state index is 12.3. The van der Waals surface area contributed by atoms with Gasteiger partial charge in [-0.15, -0.1) is 11.3 Å². The smallest absolute Gasteiger partial charge is 0.203 e. The van der Waals surface area contributed by atoms with E-state index >= 15 is 0 Å². The Balaban J connectivity index is 1.95. The van der Waals surface area contributed by atoms with Crippen LogP contribution < -0.4 is 0 Å². The van der Waals surface area contributed by atoms with Crippen molar-refractivity contribution in [3.05, 3.63) is 55.2 Å². The van der Waals surface area contributed by atoms with Crippen LogP contribution in [0.15, 0.2) is 24.3 Å². The summed E-state index contributed by atoms with van der Waals surface area (Å²) in [7, 11) is 0. The number of hydrogen-bond donors (Lipinski definition) is 0. The predicted molar refractivity (Wildman–Crippen MR) is 76.2 cm³/mol. The summed E-state index contributed by atoms with van der Waals surface area (Å²) in [6.45, 7) is 0. The van der Waals surface area contributed by atoms with Gasteiger partial charge in [0.25, 0.3) is 0 Å². The number of halogens is 2. The summed E-state index contributed by atoms with van der Waals surface area (Å²) in [5.41, 5.74) is 1.94. The van der Waals surface area contributed by atoms with E-state index in [4.69, 9.17) is 23.2 Å². The Kier molecular flexibility index (Phi) is 3.18. The first-order valence-electron chi connectivity index (χ1n) is 5.76. The van der Waals surface area contributed by atoms with Gasteiger partial charge in [0.1, 0.15) is 0 Å². The van der Waals surface area contributed by atoms with Crippen LogP contribution in [0.1, 0.15) is 32.1 Å². The average Bonchev–Trinajstić information content (AvgIpc) is 2.92. The molecular weight excluding hydrogens is 287 g/mol. The largest absolute Gasteiger partial charge is 0.288 e. The van der Waals surface area contributed by atoms with Gasteiger partial charge in [-0.2, -0.15) is 0 Å². The van der Waals surface area contributed by atoms with Gasteiger partial charge in [0.15, 0.2) is 0 Å². The third-order valence-corrected chi connectivity index (χ3v) is 5.13. The highest BCUT2D eigenvalue weighted by molar-refractivity contribution is 7.14. The van der Waals surface area contributed by atoms with Crippen LogP contribution in [0.2, 0.25) is 10.0 Å². The van der Waals surface area contributed by atoms with Crippen molar-refractivity contribution in [2.75, 3.05) is 0 Å². The van der Waals surface area contributed by atoms with E-state index in [9.17, 15) is 4.79 Å². The zero-order chi connectivity index (χ0) is 12.7. The van der Waals surface area contributed by atoms with E-state index in [-0.39, 0.29) is 5.78 Å². The van der Waals surface area contributed by atoms with E-state index in [1.165, 1.54) is 16.9 Å². The van der Waals surface area contributed by atoms with E-state index in [1.807, 2.05) is 6.07 Å². The Morgan fingerprint density at radius 3 is 2.67 bits per heavy atom. The summed E-state index contributed by atoms with van der Waals surface area (Å²) >= 11 is 13.4. The van der Waals surface area contributed by atoms with Gasteiger partial charge in [0.05, 0.1) is 14.9 Å². The maximum Gasteiger partial charge on any atom is 0.203 e. The Bertz CT molecular complexity index is 609. The Morgan fingerprint density at radius 2 is 1.94 bits per heavy atom. The second kappa shape index (κ2) is 4.69. The highest BCUT2D eigenvalue weighted by atomic mass is 35.5. The van der Waals surface area contributed by atoms with Crippen molar-refractivity contribution in [1.82, 2.24) is 0 Å². The molecule has 1 heterocycles. The summed E-state index contributed by atoms with van der Waals surface area (Å²) in [5, 5.41) is 0.897. The standard InChI is InChI=1S/C14H10Cl2OS/c15-10-5-4-9(6-11(10)16)14(17)13-7-8-2-1-3-12(8)18-13/h4-7H,1-3H2. The number of rotatable bonds is 2. The van der Waals surface area contributed by atoms with Gasteiger partial charge in [-0.25, -0.2) is 0 Å². The average molecular weight is 297 g/mol. The van der Waals surface area contributed by atoms with Gasteiger partial charge >= 0.3 is 0 Å². The maximum atomic E-state index is 12.3. The molecule has 18 heavy (non-hydrogen) atoms. The van der Waals surface area contributed by atoms with Crippen molar-refractivity contribution in [3.63, 3.8) is 0 Å². The lowest BCUT2D eigenvalue weighted by Crippen LogP contribution is -1.98. The number of thiophene rings is 1. The van der Waals surface area contributed by atoms with Crippen LogP contribution >= 0.6 is 34.5 Å². The van der Waals surface area contributed by atoms with Gasteiger partial charge in [0.2, 0.25) is 5.78 Å². The quantitative estimate of drug-likeness (QED) is 0.729. The molecule has 4 heteroatoms. The molecule has 0 saturated carbocycles. The molecule has 0 fully saturated rings. The van der Waals surface area contributed by atoms with E-state index in [2.05, 4.69) is 0 Å². The van der Waals surface area contributed by atoms with Crippen molar-refractivity contribution >= 4 is 40.3 Å². The third kappa shape index (κ3) is 2.09. The fraction of sp³-hybridized carbons (Fsp3) is 0.214. The summed E-state index contributed by atoms with van der Waals surface area (Å²) in [4.78, 5) is 14.5. The molecule has 1 aliphatic carbocycles. The molecule has 0 saturated heterocycles. The number of aryl methyl sites for hydroxylation is 2. The lowest BCUT2D eigenvalue weighted by molar-refractivity contribution is 0.104. The van der Waals surface area contributed by atoms with Crippen molar-refractivity contribution in [2.24, 2.45) is 0 Å². The van der Waals surface area contributed by atoms with Crippen LogP contribution in [0.25, 0.3) is 0 Å². The van der Waals surface area contributed by atoms with Gasteiger partial charge in [-0.3, -0.25) is 4.79 Å². The SMILES string of the molecule is O=C(c1ccc(Cl)c(Cl)c1)c1cc2c(s1)CCC2. The number of benzene rings is 1. The minimum absolute atomic E-state index is 0.0352. The Hall–Kier alpha value is -0.830. The summed E-state index contributed by atoms with van der Waals surface area (Å²) in [6, 6.07) is 7.05. The third-order valence-electron chi connectivity index (χ3n) is 3.15. The normalized spacial score (nSPS) is 13.7. The molecule has 92 valence electrons. The molecular formula is C14H10Cl2OS. The first-order chi connectivity index (χ1) is 8.65. The fourth-order valence-electron chi connectivity index (χ4n) is 2.22. The highest BCUT2D eigenvalue weighted by Gasteiger charge is 2.19. The van der Waals surface area contributed by atoms with Crippen LogP contribution in [-0.2, 0) is 12.8 Å². The van der Waals surface area contributed by atoms with E-state index in [0.717, 1.165) is 17.7 Å². The predicted octanol–water partition coefficient (Wildman–Crippen LogP) is 4.77. The number of ketones is 1. The summed E-state index contributed by atoms with van der Waals surface area (Å²) < 4.78 is 0. The van der Waals surface area contributed by atoms with Gasteiger partial charge in [0, 0.05) is 10.4 Å². The molecule has 0 radical (unpaired) electrons. The van der Waals surface area contributed by atoms with Gasteiger partial charge in [-0.1, -0.05) is 23.2 Å². The molecule has 1 aliphatic rings. The number of fused-ring (bicyclic) bond motifs is 1. The molecule has 0 spiro atoms. The highest BCUT2D eigenvalue weighted by Crippen LogP contribution is 2.32. The number of hydrogen-bond acceptors (Lipinski definition) is 2. The fourth-order valence-corrected chi connectivity index (χ4v) is 3.73. The van der Waals surface area contributed by atoms with E-state index in [0.29, 0.717) is 15.6 Å². The van der Waals surface area contributed by atoms with Gasteiger partial charge < -0.3 is 0 Å². The van der Waals surface area contributed by atoms with E-state index < -0.39 is 0 Å². The monoisotopic (exact) mass is 296 g/mol. The second-order valence-electron chi connectivity index (χ2n) is 4.37. The number of carbonyl (C=O) groups is 1. The Labute approximate surface area is 119 Å². The molecule has 0 atom stereocenters. The Morgan fingerprint density at radius 1 is 1.11 bits per heavy atom. The molecule has 0 aliphatic heterocycles. The second-order valence-corrected chi connectivity index (χ2v) is 6.32. The van der Waals surface area contributed by atoms with Crippen molar-refractivity contribution in [1.29, 1.82) is 0 Å². The number of carbonyl (C=O) groups excluding carboxylic acids is 1. The summed E-state index contributed by atoms with van der Waals surface area (Å²) in [5.74, 6) is 0.0352. The van der Waals surface area contributed by atoms with Crippen LogP contribution in [0.3, 0.4) is 0 Å². The van der Waals surface area contributed by atoms with E-state index in [1.54, 1.807) is 29.5 Å². The minimum atomic E-state index is 0.0352.